The molecule has 0 fully saturated rings. The van der Waals surface area contributed by atoms with E-state index >= 15 is 0 Å². The topological polar surface area (TPSA) is 69.6 Å². The summed E-state index contributed by atoms with van der Waals surface area (Å²) in [5.74, 6) is -1.66. The molecule has 1 heterocycles. The molecule has 0 saturated carbocycles. The number of nitrogens with zero attached hydrogens (tertiary/aromatic N) is 1. The molecule has 0 aliphatic carbocycles. The van der Waals surface area contributed by atoms with Gasteiger partial charge in [0.05, 0.1) is 5.92 Å². The van der Waals surface area contributed by atoms with E-state index in [0.29, 0.717) is 18.7 Å². The molecule has 5 nitrogen and oxygen atoms in total. The smallest absolute Gasteiger partial charge is 0.317 e. The molecule has 1 aromatic carbocycles. The Kier molecular flexibility index (Phi) is 4.76. The molecule has 2 rings (SSSR count). The first-order chi connectivity index (χ1) is 9.68. The molecule has 106 valence electrons. The number of carbonyl (C=O) groups excluding carboxylic acids is 1. The first-order valence-corrected chi connectivity index (χ1v) is 6.64. The molecule has 2 N–H and O–H groups in total. The molecule has 5 heteroatoms. The van der Waals surface area contributed by atoms with Crippen LogP contribution in [0.5, 0.6) is 0 Å². The van der Waals surface area contributed by atoms with Gasteiger partial charge < -0.3 is 15.3 Å². The number of hydrogen-bond donors (Lipinski definition) is 2. The number of carboxylic acids is 1. The first kappa shape index (κ1) is 14.1. The lowest BCUT2D eigenvalue weighted by molar-refractivity contribution is -0.138. The van der Waals surface area contributed by atoms with Crippen LogP contribution in [0, 0.1) is 0 Å². The van der Waals surface area contributed by atoms with Gasteiger partial charge in [-0.15, -0.1) is 0 Å². The number of urea groups is 1. The summed E-state index contributed by atoms with van der Waals surface area (Å²) in [5.41, 5.74) is 0.693. The number of nitrogens with one attached hydrogen (secondary N) is 1. The van der Waals surface area contributed by atoms with E-state index in [4.69, 9.17) is 0 Å². The van der Waals surface area contributed by atoms with Crippen molar-refractivity contribution in [3.63, 3.8) is 0 Å². The SMILES string of the molecule is O=C(O)C(CNC(=O)N1CC=CCC1)c1ccccc1. The number of rotatable bonds is 4. The summed E-state index contributed by atoms with van der Waals surface area (Å²) in [6, 6.07) is 8.73. The van der Waals surface area contributed by atoms with E-state index in [1.54, 1.807) is 29.2 Å². The summed E-state index contributed by atoms with van der Waals surface area (Å²) in [7, 11) is 0. The Bertz CT molecular complexity index is 499. The third-order valence-corrected chi connectivity index (χ3v) is 3.30. The highest BCUT2D eigenvalue weighted by Crippen LogP contribution is 2.15. The third kappa shape index (κ3) is 3.60. The second-order valence-electron chi connectivity index (χ2n) is 4.69. The van der Waals surface area contributed by atoms with E-state index in [9.17, 15) is 14.7 Å². The fourth-order valence-electron chi connectivity index (χ4n) is 2.16. The van der Waals surface area contributed by atoms with E-state index in [1.807, 2.05) is 18.2 Å². The Labute approximate surface area is 117 Å². The Morgan fingerprint density at radius 2 is 2.00 bits per heavy atom. The second kappa shape index (κ2) is 6.75. The molecule has 1 aromatic rings. The molecule has 0 spiro atoms. The van der Waals surface area contributed by atoms with Crippen LogP contribution in [-0.4, -0.2) is 41.6 Å². The van der Waals surface area contributed by atoms with Crippen LogP contribution in [0.2, 0.25) is 0 Å². The van der Waals surface area contributed by atoms with Crippen molar-refractivity contribution >= 4 is 12.0 Å². The molecule has 2 amide bonds. The van der Waals surface area contributed by atoms with Crippen LogP contribution in [0.25, 0.3) is 0 Å². The van der Waals surface area contributed by atoms with Crippen LogP contribution in [0.3, 0.4) is 0 Å². The van der Waals surface area contributed by atoms with E-state index in [0.717, 1.165) is 6.42 Å². The van der Waals surface area contributed by atoms with E-state index < -0.39 is 11.9 Å². The summed E-state index contributed by atoms with van der Waals surface area (Å²) in [6.07, 6.45) is 4.82. The highest BCUT2D eigenvalue weighted by molar-refractivity contribution is 5.79. The van der Waals surface area contributed by atoms with Crippen molar-refractivity contribution < 1.29 is 14.7 Å². The quantitative estimate of drug-likeness (QED) is 0.823. The van der Waals surface area contributed by atoms with Crippen LogP contribution in [0.4, 0.5) is 4.79 Å². The van der Waals surface area contributed by atoms with E-state index in [-0.39, 0.29) is 12.6 Å². The van der Waals surface area contributed by atoms with E-state index in [2.05, 4.69) is 5.32 Å². The van der Waals surface area contributed by atoms with Crippen molar-refractivity contribution in [3.8, 4) is 0 Å². The lowest BCUT2D eigenvalue weighted by Gasteiger charge is -2.24. The second-order valence-corrected chi connectivity index (χ2v) is 4.69. The monoisotopic (exact) mass is 274 g/mol. The minimum atomic E-state index is -0.935. The molecular formula is C15H18N2O3. The van der Waals surface area contributed by atoms with Crippen molar-refractivity contribution in [2.75, 3.05) is 19.6 Å². The van der Waals surface area contributed by atoms with Crippen molar-refractivity contribution in [2.24, 2.45) is 0 Å². The lowest BCUT2D eigenvalue weighted by atomic mass is 9.99. The van der Waals surface area contributed by atoms with Crippen LogP contribution in [0.15, 0.2) is 42.5 Å². The van der Waals surface area contributed by atoms with Crippen LogP contribution in [0.1, 0.15) is 17.9 Å². The molecular weight excluding hydrogens is 256 g/mol. The zero-order chi connectivity index (χ0) is 14.4. The lowest BCUT2D eigenvalue weighted by Crippen LogP contribution is -2.43. The van der Waals surface area contributed by atoms with Crippen molar-refractivity contribution in [3.05, 3.63) is 48.0 Å². The van der Waals surface area contributed by atoms with Gasteiger partial charge in [0.25, 0.3) is 0 Å². The molecule has 0 aromatic heterocycles. The van der Waals surface area contributed by atoms with E-state index in [1.165, 1.54) is 0 Å². The molecule has 0 radical (unpaired) electrons. The number of aliphatic carboxylic acids is 1. The Morgan fingerprint density at radius 1 is 1.25 bits per heavy atom. The van der Waals surface area contributed by atoms with Gasteiger partial charge in [0.15, 0.2) is 0 Å². The largest absolute Gasteiger partial charge is 0.481 e. The fraction of sp³-hybridized carbons (Fsp3) is 0.333. The maximum absolute atomic E-state index is 11.9. The molecule has 1 aliphatic heterocycles. The van der Waals surface area contributed by atoms with Gasteiger partial charge in [-0.3, -0.25) is 4.79 Å². The highest BCUT2D eigenvalue weighted by atomic mass is 16.4. The summed E-state index contributed by atoms with van der Waals surface area (Å²) < 4.78 is 0. The summed E-state index contributed by atoms with van der Waals surface area (Å²) >= 11 is 0. The van der Waals surface area contributed by atoms with Crippen molar-refractivity contribution in [1.29, 1.82) is 0 Å². The number of hydrogen-bond acceptors (Lipinski definition) is 2. The molecule has 1 unspecified atom stereocenters. The number of amides is 2. The average molecular weight is 274 g/mol. The highest BCUT2D eigenvalue weighted by Gasteiger charge is 2.22. The normalized spacial score (nSPS) is 15.7. The Morgan fingerprint density at radius 3 is 2.60 bits per heavy atom. The van der Waals surface area contributed by atoms with Crippen LogP contribution in [-0.2, 0) is 4.79 Å². The zero-order valence-electron chi connectivity index (χ0n) is 11.2. The average Bonchev–Trinajstić information content (AvgIpc) is 2.49. The Hall–Kier alpha value is -2.30. The Balaban J connectivity index is 1.94. The number of benzene rings is 1. The van der Waals surface area contributed by atoms with Gasteiger partial charge in [-0.05, 0) is 12.0 Å². The van der Waals surface area contributed by atoms with Crippen LogP contribution >= 0.6 is 0 Å². The predicted molar refractivity (Wildman–Crippen MR) is 75.5 cm³/mol. The zero-order valence-corrected chi connectivity index (χ0v) is 11.2. The van der Waals surface area contributed by atoms with Crippen LogP contribution < -0.4 is 5.32 Å². The standard InChI is InChI=1S/C15H18N2O3/c18-14(19)13(12-7-3-1-4-8-12)11-16-15(20)17-9-5-2-6-10-17/h1-5,7-8,13H,6,9-11H2,(H,16,20)(H,18,19). The molecule has 0 saturated heterocycles. The first-order valence-electron chi connectivity index (χ1n) is 6.64. The molecule has 0 bridgehead atoms. The minimum Gasteiger partial charge on any atom is -0.481 e. The summed E-state index contributed by atoms with van der Waals surface area (Å²) in [6.45, 7) is 1.35. The summed E-state index contributed by atoms with van der Waals surface area (Å²) in [4.78, 5) is 24.9. The summed E-state index contributed by atoms with van der Waals surface area (Å²) in [5, 5.41) is 12.0. The maximum Gasteiger partial charge on any atom is 0.317 e. The molecule has 20 heavy (non-hydrogen) atoms. The van der Waals surface area contributed by atoms with Gasteiger partial charge in [0.2, 0.25) is 0 Å². The van der Waals surface area contributed by atoms with Crippen molar-refractivity contribution in [2.45, 2.75) is 12.3 Å². The number of carbonyl (C=O) groups is 2. The van der Waals surface area contributed by atoms with Gasteiger partial charge in [0.1, 0.15) is 0 Å². The van der Waals surface area contributed by atoms with Crippen molar-refractivity contribution in [1.82, 2.24) is 10.2 Å². The molecule has 1 atom stereocenters. The van der Waals surface area contributed by atoms with Gasteiger partial charge in [-0.25, -0.2) is 4.79 Å². The maximum atomic E-state index is 11.9. The number of carboxylic acid groups (broad SMARTS) is 1. The third-order valence-electron chi connectivity index (χ3n) is 3.30. The van der Waals surface area contributed by atoms with Gasteiger partial charge in [-0.1, -0.05) is 42.5 Å². The van der Waals surface area contributed by atoms with Gasteiger partial charge >= 0.3 is 12.0 Å². The van der Waals surface area contributed by atoms with Gasteiger partial charge in [-0.2, -0.15) is 0 Å². The molecule has 1 aliphatic rings. The fourth-order valence-corrected chi connectivity index (χ4v) is 2.16. The predicted octanol–water partition coefficient (Wildman–Crippen LogP) is 1.83. The van der Waals surface area contributed by atoms with Gasteiger partial charge in [0, 0.05) is 19.6 Å². The minimum absolute atomic E-state index is 0.0956.